The molecular weight excluding hydrogens is 238 g/mol. The predicted molar refractivity (Wildman–Crippen MR) is 73.9 cm³/mol. The van der Waals surface area contributed by atoms with Crippen LogP contribution in [0.5, 0.6) is 0 Å². The third-order valence-electron chi connectivity index (χ3n) is 3.58. The lowest BCUT2D eigenvalue weighted by atomic mass is 10.0. The van der Waals surface area contributed by atoms with Crippen molar-refractivity contribution in [2.75, 3.05) is 18.0 Å². The Morgan fingerprint density at radius 2 is 2.21 bits per heavy atom. The smallest absolute Gasteiger partial charge is 0.103 e. The van der Waals surface area contributed by atoms with E-state index in [0.29, 0.717) is 12.1 Å². The topological polar surface area (TPSA) is 60.2 Å². The third-order valence-corrected chi connectivity index (χ3v) is 3.58. The van der Waals surface area contributed by atoms with Crippen LogP contribution in [0.25, 0.3) is 10.9 Å². The van der Waals surface area contributed by atoms with E-state index in [1.165, 1.54) is 0 Å². The summed E-state index contributed by atoms with van der Waals surface area (Å²) in [5, 5.41) is 20.1. The SMILES string of the molecule is N#Cc1cnc2ccccc2c1N1CCCC(O)C1. The van der Waals surface area contributed by atoms with Crippen LogP contribution in [-0.2, 0) is 0 Å². The molecule has 0 spiro atoms. The highest BCUT2D eigenvalue weighted by molar-refractivity contribution is 5.94. The molecule has 1 atom stereocenters. The van der Waals surface area contributed by atoms with Crippen molar-refractivity contribution >= 4 is 16.6 Å². The molecule has 3 rings (SSSR count). The quantitative estimate of drug-likeness (QED) is 0.845. The van der Waals surface area contributed by atoms with E-state index in [9.17, 15) is 10.4 Å². The molecule has 0 amide bonds. The number of aliphatic hydroxyl groups is 1. The summed E-state index contributed by atoms with van der Waals surface area (Å²) in [4.78, 5) is 6.42. The molecule has 1 fully saturated rings. The number of β-amino-alcohol motifs (C(OH)–C–C–N with tert-alkyl or cyclic N) is 1. The molecule has 2 aromatic rings. The van der Waals surface area contributed by atoms with E-state index in [0.717, 1.165) is 36.0 Å². The summed E-state index contributed by atoms with van der Waals surface area (Å²) in [6.07, 6.45) is 3.09. The van der Waals surface area contributed by atoms with Crippen molar-refractivity contribution in [3.63, 3.8) is 0 Å². The fourth-order valence-electron chi connectivity index (χ4n) is 2.71. The normalized spacial score (nSPS) is 19.4. The van der Waals surface area contributed by atoms with Gasteiger partial charge in [-0.2, -0.15) is 5.26 Å². The molecule has 0 aliphatic carbocycles. The highest BCUT2D eigenvalue weighted by atomic mass is 16.3. The van der Waals surface area contributed by atoms with Crippen LogP contribution in [0.1, 0.15) is 18.4 Å². The Kier molecular flexibility index (Phi) is 3.06. The maximum Gasteiger partial charge on any atom is 0.103 e. The van der Waals surface area contributed by atoms with Crippen LogP contribution in [0.2, 0.25) is 0 Å². The van der Waals surface area contributed by atoms with Gasteiger partial charge in [0.1, 0.15) is 6.07 Å². The molecule has 4 heteroatoms. The van der Waals surface area contributed by atoms with Crippen LogP contribution >= 0.6 is 0 Å². The molecule has 1 aromatic carbocycles. The summed E-state index contributed by atoms with van der Waals surface area (Å²) in [6, 6.07) is 10.0. The number of hydrogen-bond acceptors (Lipinski definition) is 4. The minimum Gasteiger partial charge on any atom is -0.391 e. The Balaban J connectivity index is 2.17. The van der Waals surface area contributed by atoms with E-state index in [1.54, 1.807) is 6.20 Å². The Labute approximate surface area is 111 Å². The molecular formula is C15H15N3O. The van der Waals surface area contributed by atoms with Gasteiger partial charge in [0.05, 0.1) is 22.9 Å². The first-order valence-corrected chi connectivity index (χ1v) is 6.50. The number of hydrogen-bond donors (Lipinski definition) is 1. The Morgan fingerprint density at radius 1 is 1.37 bits per heavy atom. The van der Waals surface area contributed by atoms with Gasteiger partial charge in [0.15, 0.2) is 0 Å². The second-order valence-corrected chi connectivity index (χ2v) is 4.89. The number of fused-ring (bicyclic) bond motifs is 1. The monoisotopic (exact) mass is 253 g/mol. The fourth-order valence-corrected chi connectivity index (χ4v) is 2.71. The summed E-state index contributed by atoms with van der Waals surface area (Å²) in [6.45, 7) is 1.46. The highest BCUT2D eigenvalue weighted by Gasteiger charge is 2.22. The molecule has 1 unspecified atom stereocenters. The highest BCUT2D eigenvalue weighted by Crippen LogP contribution is 2.31. The zero-order valence-corrected chi connectivity index (χ0v) is 10.6. The Hall–Kier alpha value is -2.12. The summed E-state index contributed by atoms with van der Waals surface area (Å²) in [5.74, 6) is 0. The second-order valence-electron chi connectivity index (χ2n) is 4.89. The fraction of sp³-hybridized carbons (Fsp3) is 0.333. The number of nitriles is 1. The number of aromatic nitrogens is 1. The number of aliphatic hydroxyl groups excluding tert-OH is 1. The van der Waals surface area contributed by atoms with Crippen LogP contribution in [0.4, 0.5) is 5.69 Å². The first-order valence-electron chi connectivity index (χ1n) is 6.50. The summed E-state index contributed by atoms with van der Waals surface area (Å²) < 4.78 is 0. The van der Waals surface area contributed by atoms with Crippen molar-refractivity contribution < 1.29 is 5.11 Å². The van der Waals surface area contributed by atoms with Gasteiger partial charge in [0, 0.05) is 24.7 Å². The standard InChI is InChI=1S/C15H15N3O/c16-8-11-9-17-14-6-2-1-5-13(14)15(11)18-7-3-4-12(19)10-18/h1-2,5-6,9,12,19H,3-4,7,10H2. The van der Waals surface area contributed by atoms with Crippen LogP contribution in [0, 0.1) is 11.3 Å². The van der Waals surface area contributed by atoms with E-state index in [1.807, 2.05) is 24.3 Å². The van der Waals surface area contributed by atoms with Gasteiger partial charge in [-0.05, 0) is 18.9 Å². The van der Waals surface area contributed by atoms with Crippen LogP contribution in [-0.4, -0.2) is 29.3 Å². The molecule has 2 heterocycles. The lowest BCUT2D eigenvalue weighted by Gasteiger charge is -2.33. The molecule has 0 saturated carbocycles. The van der Waals surface area contributed by atoms with E-state index >= 15 is 0 Å². The van der Waals surface area contributed by atoms with Gasteiger partial charge < -0.3 is 10.0 Å². The Morgan fingerprint density at radius 3 is 3.00 bits per heavy atom. The third kappa shape index (κ3) is 2.13. The summed E-state index contributed by atoms with van der Waals surface area (Å²) in [7, 11) is 0. The van der Waals surface area contributed by atoms with Crippen molar-refractivity contribution in [2.45, 2.75) is 18.9 Å². The van der Waals surface area contributed by atoms with Crippen LogP contribution in [0.15, 0.2) is 30.5 Å². The maximum absolute atomic E-state index is 9.84. The van der Waals surface area contributed by atoms with Gasteiger partial charge in [-0.1, -0.05) is 18.2 Å². The first kappa shape index (κ1) is 11.9. The number of pyridine rings is 1. The van der Waals surface area contributed by atoms with Gasteiger partial charge in [-0.25, -0.2) is 0 Å². The second kappa shape index (κ2) is 4.87. The van der Waals surface area contributed by atoms with Crippen LogP contribution in [0.3, 0.4) is 0 Å². The van der Waals surface area contributed by atoms with Crippen molar-refractivity contribution in [1.82, 2.24) is 4.98 Å². The molecule has 1 aliphatic rings. The van der Waals surface area contributed by atoms with Crippen molar-refractivity contribution in [3.8, 4) is 6.07 Å². The molecule has 96 valence electrons. The number of rotatable bonds is 1. The minimum atomic E-state index is -0.313. The summed E-state index contributed by atoms with van der Waals surface area (Å²) >= 11 is 0. The van der Waals surface area contributed by atoms with Gasteiger partial charge in [-0.15, -0.1) is 0 Å². The van der Waals surface area contributed by atoms with Crippen LogP contribution < -0.4 is 4.90 Å². The zero-order chi connectivity index (χ0) is 13.2. The molecule has 0 radical (unpaired) electrons. The predicted octanol–water partition coefficient (Wildman–Crippen LogP) is 2.07. The van der Waals surface area contributed by atoms with Crippen molar-refractivity contribution in [3.05, 3.63) is 36.0 Å². The minimum absolute atomic E-state index is 0.313. The molecule has 19 heavy (non-hydrogen) atoms. The lowest BCUT2D eigenvalue weighted by Crippen LogP contribution is -2.38. The Bertz CT molecular complexity index is 647. The molecule has 1 saturated heterocycles. The molecule has 1 aliphatic heterocycles. The molecule has 4 nitrogen and oxygen atoms in total. The van der Waals surface area contributed by atoms with Crippen molar-refractivity contribution in [1.29, 1.82) is 5.26 Å². The first-order chi connectivity index (χ1) is 9.29. The molecule has 1 N–H and O–H groups in total. The molecule has 0 bridgehead atoms. The number of nitrogens with zero attached hydrogens (tertiary/aromatic N) is 3. The van der Waals surface area contributed by atoms with Gasteiger partial charge >= 0.3 is 0 Å². The van der Waals surface area contributed by atoms with E-state index < -0.39 is 0 Å². The van der Waals surface area contributed by atoms with Gasteiger partial charge in [0.25, 0.3) is 0 Å². The average Bonchev–Trinajstić information content (AvgIpc) is 2.46. The van der Waals surface area contributed by atoms with Crippen molar-refractivity contribution in [2.24, 2.45) is 0 Å². The number of benzene rings is 1. The lowest BCUT2D eigenvalue weighted by molar-refractivity contribution is 0.154. The average molecular weight is 253 g/mol. The van der Waals surface area contributed by atoms with E-state index in [4.69, 9.17) is 0 Å². The number of para-hydroxylation sites is 1. The van der Waals surface area contributed by atoms with E-state index in [2.05, 4.69) is 16.0 Å². The van der Waals surface area contributed by atoms with E-state index in [-0.39, 0.29) is 6.10 Å². The van der Waals surface area contributed by atoms with Gasteiger partial charge in [0.2, 0.25) is 0 Å². The summed E-state index contributed by atoms with van der Waals surface area (Å²) in [5.41, 5.74) is 2.37. The largest absolute Gasteiger partial charge is 0.391 e. The number of anilines is 1. The molecule has 1 aromatic heterocycles. The zero-order valence-electron chi connectivity index (χ0n) is 10.6. The number of piperidine rings is 1. The van der Waals surface area contributed by atoms with Gasteiger partial charge in [-0.3, -0.25) is 4.98 Å². The maximum atomic E-state index is 9.84.